The molecule has 0 saturated carbocycles. The lowest BCUT2D eigenvalue weighted by Gasteiger charge is -2.29. The number of carbonyl (C=O) groups excluding carboxylic acids is 1. The predicted octanol–water partition coefficient (Wildman–Crippen LogP) is 6.20. The Bertz CT molecular complexity index is 1980. The molecule has 0 unspecified atom stereocenters. The van der Waals surface area contributed by atoms with Gasteiger partial charge in [-0.25, -0.2) is 24.9 Å². The maximum atomic E-state index is 9.17. The van der Waals surface area contributed by atoms with Crippen LogP contribution in [0.25, 0.3) is 11.2 Å². The fourth-order valence-electron chi connectivity index (χ4n) is 5.86. The number of benzene rings is 2. The molecule has 0 amide bonds. The zero-order valence-electron chi connectivity index (χ0n) is 33.3. The van der Waals surface area contributed by atoms with Crippen molar-refractivity contribution < 1.29 is 19.0 Å². The SMILES string of the molecule is CCC=O.CCc1nc2c(N3CCOCC3)nc(SCc3ccc(C)cc3)nc2n1C.CNc1nc(SCc2ccc(OC)cc2)nc(N2CCOCC2)c1N. The van der Waals surface area contributed by atoms with Crippen LogP contribution in [0.3, 0.4) is 0 Å². The van der Waals surface area contributed by atoms with Gasteiger partial charge in [0.05, 0.1) is 33.5 Å². The summed E-state index contributed by atoms with van der Waals surface area (Å²) in [6.07, 6.45) is 2.39. The number of nitrogens with zero attached hydrogens (tertiary/aromatic N) is 8. The van der Waals surface area contributed by atoms with Crippen molar-refractivity contribution in [3.8, 4) is 5.75 Å². The van der Waals surface area contributed by atoms with E-state index in [1.54, 1.807) is 30.6 Å². The molecule has 2 fully saturated rings. The van der Waals surface area contributed by atoms with Gasteiger partial charge >= 0.3 is 0 Å². The second kappa shape index (κ2) is 21.6. The zero-order valence-corrected chi connectivity index (χ0v) is 34.9. The van der Waals surface area contributed by atoms with Gasteiger partial charge in [-0.2, -0.15) is 0 Å². The minimum Gasteiger partial charge on any atom is -0.497 e. The number of anilines is 4. The first-order valence-electron chi connectivity index (χ1n) is 18.9. The molecule has 0 aliphatic carbocycles. The summed E-state index contributed by atoms with van der Waals surface area (Å²) in [6, 6.07) is 16.6. The minimum absolute atomic E-state index is 0.582. The monoisotopic (exact) mass is 802 g/mol. The fraction of sp³-hybridized carbons (Fsp3) is 0.450. The molecule has 16 heteroatoms. The molecule has 5 aromatic rings. The third-order valence-corrected chi connectivity index (χ3v) is 10.9. The molecule has 0 bridgehead atoms. The van der Waals surface area contributed by atoms with Crippen molar-refractivity contribution in [3.05, 3.63) is 71.0 Å². The van der Waals surface area contributed by atoms with Crippen LogP contribution in [0, 0.1) is 6.92 Å². The van der Waals surface area contributed by atoms with Crippen molar-refractivity contribution in [2.45, 2.75) is 55.4 Å². The molecule has 7 rings (SSSR count). The Kier molecular flexibility index (Phi) is 16.4. The number of morpholine rings is 2. The van der Waals surface area contributed by atoms with E-state index in [2.05, 4.69) is 67.8 Å². The van der Waals surface area contributed by atoms with E-state index in [9.17, 15) is 4.79 Å². The molecule has 0 spiro atoms. The van der Waals surface area contributed by atoms with Crippen molar-refractivity contribution in [2.24, 2.45) is 7.05 Å². The number of aromatic nitrogens is 6. The summed E-state index contributed by atoms with van der Waals surface area (Å²) in [7, 11) is 5.52. The van der Waals surface area contributed by atoms with E-state index in [4.69, 9.17) is 34.9 Å². The molecule has 0 radical (unpaired) electrons. The molecule has 56 heavy (non-hydrogen) atoms. The van der Waals surface area contributed by atoms with E-state index in [0.717, 1.165) is 103 Å². The average molecular weight is 803 g/mol. The number of aryl methyl sites for hydroxylation is 3. The normalized spacial score (nSPS) is 14.0. The average Bonchev–Trinajstić information content (AvgIpc) is 3.58. The van der Waals surface area contributed by atoms with Gasteiger partial charge in [0.1, 0.15) is 23.5 Å². The van der Waals surface area contributed by atoms with Gasteiger partial charge in [0, 0.05) is 64.6 Å². The number of fused-ring (bicyclic) bond motifs is 1. The van der Waals surface area contributed by atoms with Gasteiger partial charge in [0.25, 0.3) is 0 Å². The summed E-state index contributed by atoms with van der Waals surface area (Å²) < 4.78 is 18.2. The number of rotatable bonds is 12. The van der Waals surface area contributed by atoms with E-state index in [0.29, 0.717) is 36.3 Å². The Morgan fingerprint density at radius 1 is 0.804 bits per heavy atom. The standard InChI is InChI=1S/C20H25N5OS.C17H23N5O2S.C3H6O/c1-4-16-21-17-18(24(16)3)22-20(23-19(17)25-9-11-26-12-10-25)27-13-15-7-5-14(2)6-8-15;1-19-15-14(18)16(22-7-9-24-10-8-22)21-17(20-15)25-11-12-3-5-13(23-2)6-4-12;1-2-3-4/h5-8H,4,9-13H2,1-3H3;3-6H,7-11,18H2,1-2H3,(H,19,20,21);3H,2H2,1H3. The fourth-order valence-corrected chi connectivity index (χ4v) is 7.44. The summed E-state index contributed by atoms with van der Waals surface area (Å²) in [4.78, 5) is 37.4. The number of nitrogen functional groups attached to an aromatic ring is 1. The number of nitrogens with one attached hydrogen (secondary N) is 1. The van der Waals surface area contributed by atoms with Crippen molar-refractivity contribution in [2.75, 3.05) is 87.6 Å². The second-order valence-corrected chi connectivity index (χ2v) is 14.9. The van der Waals surface area contributed by atoms with Crippen LogP contribution in [-0.4, -0.2) is 103 Å². The second-order valence-electron chi connectivity index (χ2n) is 13.0. The molecule has 5 heterocycles. The van der Waals surface area contributed by atoms with E-state index >= 15 is 0 Å². The molecule has 2 aliphatic heterocycles. The lowest BCUT2D eigenvalue weighted by Crippen LogP contribution is -2.37. The first-order chi connectivity index (χ1) is 27.3. The molecule has 14 nitrogen and oxygen atoms in total. The molecule has 2 saturated heterocycles. The molecule has 300 valence electrons. The smallest absolute Gasteiger partial charge is 0.191 e. The van der Waals surface area contributed by atoms with Gasteiger partial charge in [-0.05, 0) is 30.2 Å². The first kappa shape index (κ1) is 42.5. The number of carbonyl (C=O) groups is 1. The Balaban J connectivity index is 0.000000196. The summed E-state index contributed by atoms with van der Waals surface area (Å²) in [5.74, 6) is 5.89. The van der Waals surface area contributed by atoms with Crippen molar-refractivity contribution in [1.82, 2.24) is 29.5 Å². The van der Waals surface area contributed by atoms with Gasteiger partial charge in [0.15, 0.2) is 38.9 Å². The number of hydrogen-bond donors (Lipinski definition) is 2. The van der Waals surface area contributed by atoms with Crippen LogP contribution >= 0.6 is 23.5 Å². The molecular formula is C40H54N10O4S2. The number of thioether (sulfide) groups is 2. The molecule has 2 aromatic carbocycles. The number of hydrogen-bond acceptors (Lipinski definition) is 15. The molecular weight excluding hydrogens is 749 g/mol. The van der Waals surface area contributed by atoms with E-state index in [-0.39, 0.29) is 0 Å². The Morgan fingerprint density at radius 2 is 1.32 bits per heavy atom. The van der Waals surface area contributed by atoms with Gasteiger partial charge in [-0.15, -0.1) is 0 Å². The lowest BCUT2D eigenvalue weighted by molar-refractivity contribution is -0.107. The Labute approximate surface area is 338 Å². The molecule has 2 aliphatic rings. The van der Waals surface area contributed by atoms with Crippen LogP contribution in [0.1, 0.15) is 42.8 Å². The summed E-state index contributed by atoms with van der Waals surface area (Å²) >= 11 is 3.26. The first-order valence-corrected chi connectivity index (χ1v) is 20.9. The highest BCUT2D eigenvalue weighted by molar-refractivity contribution is 7.98. The van der Waals surface area contributed by atoms with Crippen molar-refractivity contribution in [3.63, 3.8) is 0 Å². The summed E-state index contributed by atoms with van der Waals surface area (Å²) in [6.45, 7) is 12.1. The highest BCUT2D eigenvalue weighted by Gasteiger charge is 2.22. The van der Waals surface area contributed by atoms with E-state index < -0.39 is 0 Å². The van der Waals surface area contributed by atoms with Crippen LogP contribution in [0.4, 0.5) is 23.1 Å². The predicted molar refractivity (Wildman–Crippen MR) is 227 cm³/mol. The van der Waals surface area contributed by atoms with Crippen LogP contribution in [-0.2, 0) is 39.2 Å². The third-order valence-electron chi connectivity index (χ3n) is 9.03. The number of nitrogens with two attached hydrogens (primary N) is 1. The highest BCUT2D eigenvalue weighted by Crippen LogP contribution is 2.32. The minimum atomic E-state index is 0.582. The number of ether oxygens (including phenoxy) is 3. The summed E-state index contributed by atoms with van der Waals surface area (Å²) in [5, 5.41) is 4.57. The largest absolute Gasteiger partial charge is 0.497 e. The van der Waals surface area contributed by atoms with Crippen LogP contribution < -0.4 is 25.6 Å². The topological polar surface area (TPSA) is 159 Å². The number of imidazole rings is 1. The highest BCUT2D eigenvalue weighted by atomic mass is 32.2. The maximum absolute atomic E-state index is 9.17. The van der Waals surface area contributed by atoms with Crippen LogP contribution in [0.5, 0.6) is 5.75 Å². The number of aldehydes is 1. The Hall–Kier alpha value is -4.64. The van der Waals surface area contributed by atoms with E-state index in [1.807, 2.05) is 45.3 Å². The van der Waals surface area contributed by atoms with Crippen LogP contribution in [0.2, 0.25) is 0 Å². The van der Waals surface area contributed by atoms with Gasteiger partial charge in [0.2, 0.25) is 0 Å². The molecule has 0 atom stereocenters. The Morgan fingerprint density at radius 3 is 1.84 bits per heavy atom. The van der Waals surface area contributed by atoms with Gasteiger partial charge in [-0.3, -0.25) is 0 Å². The number of methoxy groups -OCH3 is 1. The third kappa shape index (κ3) is 11.5. The van der Waals surface area contributed by atoms with Crippen molar-refractivity contribution >= 4 is 64.1 Å². The maximum Gasteiger partial charge on any atom is 0.191 e. The van der Waals surface area contributed by atoms with Gasteiger partial charge < -0.3 is 44.4 Å². The zero-order chi connectivity index (χ0) is 39.9. The molecule has 3 aromatic heterocycles. The molecule has 3 N–H and O–H groups in total. The summed E-state index contributed by atoms with van der Waals surface area (Å²) in [5.41, 5.74) is 12.4. The van der Waals surface area contributed by atoms with Crippen molar-refractivity contribution in [1.29, 1.82) is 0 Å². The van der Waals surface area contributed by atoms with Crippen LogP contribution in [0.15, 0.2) is 58.8 Å². The lowest BCUT2D eigenvalue weighted by atomic mass is 10.2. The van der Waals surface area contributed by atoms with E-state index in [1.165, 1.54) is 16.7 Å². The van der Waals surface area contributed by atoms with Gasteiger partial charge in [-0.1, -0.05) is 79.3 Å². The quantitative estimate of drug-likeness (QED) is 0.0834.